The Labute approximate surface area is 128 Å². The number of thioether (sulfide) groups is 1. The van der Waals surface area contributed by atoms with Crippen molar-refractivity contribution in [3.05, 3.63) is 58.9 Å². The van der Waals surface area contributed by atoms with E-state index in [4.69, 9.17) is 17.3 Å². The molecule has 0 aliphatic heterocycles. The zero-order chi connectivity index (χ0) is 13.9. The minimum Gasteiger partial charge on any atom is -0.326 e. The number of pyridine rings is 1. The van der Waals surface area contributed by atoms with E-state index in [0.717, 1.165) is 23.6 Å². The van der Waals surface area contributed by atoms with Gasteiger partial charge in [0.1, 0.15) is 0 Å². The highest BCUT2D eigenvalue weighted by Gasteiger charge is 2.28. The van der Waals surface area contributed by atoms with Crippen LogP contribution in [-0.2, 0) is 6.42 Å². The minimum absolute atomic E-state index is 0.145. The second-order valence-electron chi connectivity index (χ2n) is 5.12. The van der Waals surface area contributed by atoms with Crippen LogP contribution < -0.4 is 5.73 Å². The summed E-state index contributed by atoms with van der Waals surface area (Å²) >= 11 is 7.68. The van der Waals surface area contributed by atoms with E-state index in [0.29, 0.717) is 5.92 Å². The molecule has 1 aromatic heterocycles. The number of nitrogens with zero attached hydrogens (tertiary/aromatic N) is 1. The van der Waals surface area contributed by atoms with Crippen molar-refractivity contribution in [2.24, 2.45) is 5.73 Å². The molecular formula is C16H17ClN2S. The van der Waals surface area contributed by atoms with Crippen molar-refractivity contribution in [2.75, 3.05) is 5.75 Å². The Bertz CT molecular complexity index is 585. The fourth-order valence-corrected chi connectivity index (χ4v) is 3.77. The molecule has 2 nitrogen and oxygen atoms in total. The maximum Gasteiger partial charge on any atom is 0.0482 e. The molecule has 1 aliphatic rings. The molecule has 0 fully saturated rings. The van der Waals surface area contributed by atoms with Crippen LogP contribution in [0.3, 0.4) is 0 Å². The first-order valence-electron chi connectivity index (χ1n) is 6.82. The van der Waals surface area contributed by atoms with Gasteiger partial charge in [0.05, 0.1) is 0 Å². The van der Waals surface area contributed by atoms with E-state index < -0.39 is 0 Å². The van der Waals surface area contributed by atoms with Crippen LogP contribution in [0.25, 0.3) is 0 Å². The summed E-state index contributed by atoms with van der Waals surface area (Å²) in [4.78, 5) is 5.73. The molecule has 0 saturated carbocycles. The smallest absolute Gasteiger partial charge is 0.0482 e. The third-order valence-corrected chi connectivity index (χ3v) is 5.18. The first kappa shape index (κ1) is 13.9. The molecule has 0 amide bonds. The summed E-state index contributed by atoms with van der Waals surface area (Å²) in [5, 5.41) is 0.771. The molecule has 2 aromatic rings. The van der Waals surface area contributed by atoms with Gasteiger partial charge in [-0.25, -0.2) is 0 Å². The number of aromatic nitrogens is 1. The molecule has 4 heteroatoms. The molecule has 0 bridgehead atoms. The van der Waals surface area contributed by atoms with Gasteiger partial charge < -0.3 is 5.73 Å². The van der Waals surface area contributed by atoms with Crippen LogP contribution in [0.2, 0.25) is 5.02 Å². The molecule has 20 heavy (non-hydrogen) atoms. The highest BCUT2D eigenvalue weighted by Crippen LogP contribution is 2.34. The first-order chi connectivity index (χ1) is 9.74. The van der Waals surface area contributed by atoms with Gasteiger partial charge in [-0.05, 0) is 48.7 Å². The topological polar surface area (TPSA) is 38.9 Å². The van der Waals surface area contributed by atoms with Crippen LogP contribution in [0.1, 0.15) is 23.6 Å². The Morgan fingerprint density at radius 2 is 2.10 bits per heavy atom. The molecule has 1 aliphatic carbocycles. The molecule has 3 rings (SSSR count). The highest BCUT2D eigenvalue weighted by molar-refractivity contribution is 7.99. The van der Waals surface area contributed by atoms with Crippen LogP contribution in [-0.4, -0.2) is 16.8 Å². The second-order valence-corrected chi connectivity index (χ2v) is 6.65. The van der Waals surface area contributed by atoms with Crippen molar-refractivity contribution in [3.8, 4) is 0 Å². The average Bonchev–Trinajstić information content (AvgIpc) is 2.90. The monoisotopic (exact) mass is 304 g/mol. The Morgan fingerprint density at radius 3 is 2.90 bits per heavy atom. The molecule has 1 heterocycles. The largest absolute Gasteiger partial charge is 0.326 e. The van der Waals surface area contributed by atoms with Crippen LogP contribution in [0.5, 0.6) is 0 Å². The zero-order valence-electron chi connectivity index (χ0n) is 11.1. The van der Waals surface area contributed by atoms with Gasteiger partial charge in [-0.3, -0.25) is 4.98 Å². The second kappa shape index (κ2) is 6.17. The summed E-state index contributed by atoms with van der Waals surface area (Å²) < 4.78 is 0. The number of fused-ring (bicyclic) bond motifs is 1. The summed E-state index contributed by atoms with van der Waals surface area (Å²) in [6.45, 7) is 0. The van der Waals surface area contributed by atoms with E-state index in [9.17, 15) is 0 Å². The lowest BCUT2D eigenvalue weighted by molar-refractivity contribution is 0.561. The Kier molecular flexibility index (Phi) is 4.29. The SMILES string of the molecule is NC(CSc1ccc(Cl)cc1)C1CCc2cccnc21. The predicted octanol–water partition coefficient (Wildman–Crippen LogP) is 3.88. The molecule has 0 radical (unpaired) electrons. The molecular weight excluding hydrogens is 288 g/mol. The Balaban J connectivity index is 1.63. The van der Waals surface area contributed by atoms with Gasteiger partial charge in [0, 0.05) is 39.5 Å². The average molecular weight is 305 g/mol. The van der Waals surface area contributed by atoms with Crippen molar-refractivity contribution in [2.45, 2.75) is 29.7 Å². The number of aryl methyl sites for hydroxylation is 1. The van der Waals surface area contributed by atoms with Crippen LogP contribution in [0.15, 0.2) is 47.5 Å². The molecule has 1 aromatic carbocycles. The van der Waals surface area contributed by atoms with Crippen LogP contribution in [0, 0.1) is 0 Å². The van der Waals surface area contributed by atoms with Gasteiger partial charge in [-0.15, -0.1) is 11.8 Å². The summed E-state index contributed by atoms with van der Waals surface area (Å²) in [5.74, 6) is 1.30. The van der Waals surface area contributed by atoms with Gasteiger partial charge >= 0.3 is 0 Å². The van der Waals surface area contributed by atoms with E-state index in [1.165, 1.54) is 16.2 Å². The number of hydrogen-bond donors (Lipinski definition) is 1. The van der Waals surface area contributed by atoms with Gasteiger partial charge in [0.2, 0.25) is 0 Å². The number of benzene rings is 1. The maximum absolute atomic E-state index is 6.38. The number of hydrogen-bond acceptors (Lipinski definition) is 3. The van der Waals surface area contributed by atoms with Gasteiger partial charge in [0.25, 0.3) is 0 Å². The molecule has 2 N–H and O–H groups in total. The number of rotatable bonds is 4. The van der Waals surface area contributed by atoms with Crippen LogP contribution in [0.4, 0.5) is 0 Å². The molecule has 2 atom stereocenters. The summed E-state index contributed by atoms with van der Waals surface area (Å²) in [7, 11) is 0. The van der Waals surface area contributed by atoms with Crippen molar-refractivity contribution in [1.82, 2.24) is 4.98 Å². The summed E-state index contributed by atoms with van der Waals surface area (Å²) in [5.41, 5.74) is 8.96. The van der Waals surface area contributed by atoms with Crippen molar-refractivity contribution in [3.63, 3.8) is 0 Å². The fourth-order valence-electron chi connectivity index (χ4n) is 2.70. The lowest BCUT2D eigenvalue weighted by atomic mass is 9.99. The molecule has 0 spiro atoms. The van der Waals surface area contributed by atoms with Gasteiger partial charge in [0.15, 0.2) is 0 Å². The molecule has 2 unspecified atom stereocenters. The quantitative estimate of drug-likeness (QED) is 0.871. The third kappa shape index (κ3) is 3.00. The van der Waals surface area contributed by atoms with E-state index in [1.807, 2.05) is 36.5 Å². The third-order valence-electron chi connectivity index (χ3n) is 3.77. The predicted molar refractivity (Wildman–Crippen MR) is 85.5 cm³/mol. The van der Waals surface area contributed by atoms with E-state index in [-0.39, 0.29) is 6.04 Å². The minimum atomic E-state index is 0.145. The number of halogens is 1. The standard InChI is InChI=1S/C16H17ClN2S/c17-12-4-6-13(7-5-12)20-10-15(18)14-8-3-11-2-1-9-19-16(11)14/h1-2,4-7,9,14-15H,3,8,10,18H2. The van der Waals surface area contributed by atoms with Gasteiger partial charge in [-0.2, -0.15) is 0 Å². The zero-order valence-corrected chi connectivity index (χ0v) is 12.7. The van der Waals surface area contributed by atoms with Crippen molar-refractivity contribution in [1.29, 1.82) is 0 Å². The highest BCUT2D eigenvalue weighted by atomic mass is 35.5. The molecule has 0 saturated heterocycles. The van der Waals surface area contributed by atoms with Crippen LogP contribution >= 0.6 is 23.4 Å². The van der Waals surface area contributed by atoms with E-state index in [2.05, 4.69) is 11.1 Å². The summed E-state index contributed by atoms with van der Waals surface area (Å²) in [6, 6.07) is 12.2. The lowest BCUT2D eigenvalue weighted by Crippen LogP contribution is -2.30. The number of nitrogens with two attached hydrogens (primary N) is 1. The summed E-state index contributed by atoms with van der Waals surface area (Å²) in [6.07, 6.45) is 4.10. The lowest BCUT2D eigenvalue weighted by Gasteiger charge is -2.19. The normalized spacial score (nSPS) is 18.8. The van der Waals surface area contributed by atoms with E-state index in [1.54, 1.807) is 11.8 Å². The first-order valence-corrected chi connectivity index (χ1v) is 8.18. The van der Waals surface area contributed by atoms with Crippen molar-refractivity contribution >= 4 is 23.4 Å². The Morgan fingerprint density at radius 1 is 1.30 bits per heavy atom. The molecule has 104 valence electrons. The van der Waals surface area contributed by atoms with Crippen molar-refractivity contribution < 1.29 is 0 Å². The maximum atomic E-state index is 6.38. The van der Waals surface area contributed by atoms with Gasteiger partial charge in [-0.1, -0.05) is 17.7 Å². The van der Waals surface area contributed by atoms with E-state index >= 15 is 0 Å². The Hall–Kier alpha value is -1.03. The fraction of sp³-hybridized carbons (Fsp3) is 0.312.